The average Bonchev–Trinajstić information content (AvgIpc) is 3.52. The number of thiazole rings is 1. The van der Waals surface area contributed by atoms with E-state index < -0.39 is 0 Å². The number of hydrogen-bond acceptors (Lipinski definition) is 5. The van der Waals surface area contributed by atoms with Crippen LogP contribution in [0, 0.1) is 6.92 Å². The molecule has 1 amide bonds. The molecule has 2 aromatic carbocycles. The molecule has 1 aliphatic rings. The third kappa shape index (κ3) is 3.90. The van der Waals surface area contributed by atoms with E-state index in [9.17, 15) is 9.59 Å². The second kappa shape index (κ2) is 8.91. The van der Waals surface area contributed by atoms with Crippen molar-refractivity contribution in [3.05, 3.63) is 82.0 Å². The average molecular weight is 483 g/mol. The van der Waals surface area contributed by atoms with Crippen molar-refractivity contribution in [3.63, 3.8) is 0 Å². The fourth-order valence-electron chi connectivity index (χ4n) is 4.90. The fraction of sp³-hybridized carbons (Fsp3) is 0.250. The summed E-state index contributed by atoms with van der Waals surface area (Å²) in [7, 11) is 0. The highest BCUT2D eigenvalue weighted by Crippen LogP contribution is 2.31. The molecule has 4 heterocycles. The van der Waals surface area contributed by atoms with Gasteiger partial charge in [-0.3, -0.25) is 14.0 Å². The Kier molecular flexibility index (Phi) is 5.59. The van der Waals surface area contributed by atoms with Crippen LogP contribution in [0.3, 0.4) is 0 Å². The molecular formula is C28H26N4O2S. The number of rotatable bonds is 5. The second-order valence-corrected chi connectivity index (χ2v) is 10.2. The Morgan fingerprint density at radius 3 is 2.60 bits per heavy atom. The minimum Gasteiger partial charge on any atom is -0.351 e. The molecule has 3 aromatic heterocycles. The summed E-state index contributed by atoms with van der Waals surface area (Å²) in [6, 6.07) is 19.8. The van der Waals surface area contributed by atoms with Gasteiger partial charge in [0.2, 0.25) is 5.43 Å². The van der Waals surface area contributed by atoms with Crippen molar-refractivity contribution in [1.82, 2.24) is 19.6 Å². The van der Waals surface area contributed by atoms with Crippen LogP contribution in [0.15, 0.2) is 65.5 Å². The molecule has 0 spiro atoms. The van der Waals surface area contributed by atoms with Crippen molar-refractivity contribution >= 4 is 43.3 Å². The maximum Gasteiger partial charge on any atom is 0.258 e. The largest absolute Gasteiger partial charge is 0.351 e. The van der Waals surface area contributed by atoms with Gasteiger partial charge in [0, 0.05) is 18.7 Å². The quantitative estimate of drug-likeness (QED) is 0.388. The number of pyridine rings is 2. The van der Waals surface area contributed by atoms with Gasteiger partial charge in [0.05, 0.1) is 21.3 Å². The molecule has 0 bridgehead atoms. The van der Waals surface area contributed by atoms with E-state index in [-0.39, 0.29) is 16.9 Å². The van der Waals surface area contributed by atoms with E-state index in [4.69, 9.17) is 4.98 Å². The van der Waals surface area contributed by atoms with E-state index in [1.807, 2.05) is 46.9 Å². The molecule has 0 radical (unpaired) electrons. The van der Waals surface area contributed by atoms with E-state index in [0.717, 1.165) is 41.1 Å². The third-order valence-corrected chi connectivity index (χ3v) is 7.92. The van der Waals surface area contributed by atoms with Crippen molar-refractivity contribution in [2.45, 2.75) is 19.8 Å². The lowest BCUT2D eigenvalue weighted by molar-refractivity contribution is 0.0950. The summed E-state index contributed by atoms with van der Waals surface area (Å²) < 4.78 is 2.98. The molecule has 1 fully saturated rings. The molecule has 176 valence electrons. The summed E-state index contributed by atoms with van der Waals surface area (Å²) in [5.74, 6) is -0.317. The number of amides is 1. The molecule has 35 heavy (non-hydrogen) atoms. The van der Waals surface area contributed by atoms with E-state index in [1.165, 1.54) is 29.7 Å². The Hall–Kier alpha value is -3.55. The molecule has 7 heteroatoms. The number of carbonyl (C=O) groups excluding carboxylic acids is 1. The van der Waals surface area contributed by atoms with Crippen molar-refractivity contribution in [2.24, 2.45) is 0 Å². The van der Waals surface area contributed by atoms with Gasteiger partial charge in [-0.1, -0.05) is 42.0 Å². The molecule has 0 unspecified atom stereocenters. The van der Waals surface area contributed by atoms with Gasteiger partial charge in [0.15, 0.2) is 0 Å². The van der Waals surface area contributed by atoms with Gasteiger partial charge in [0.1, 0.15) is 16.0 Å². The number of aryl methyl sites for hydroxylation is 1. The summed E-state index contributed by atoms with van der Waals surface area (Å²) in [6.45, 7) is 5.53. The molecular weight excluding hydrogens is 456 g/mol. The molecule has 6 nitrogen and oxygen atoms in total. The number of benzene rings is 2. The Bertz CT molecular complexity index is 1630. The summed E-state index contributed by atoms with van der Waals surface area (Å²) >= 11 is 1.46. The van der Waals surface area contributed by atoms with Crippen LogP contribution >= 0.6 is 11.3 Å². The summed E-state index contributed by atoms with van der Waals surface area (Å²) in [6.07, 6.45) is 2.42. The van der Waals surface area contributed by atoms with E-state index in [1.54, 1.807) is 6.07 Å². The minimum absolute atomic E-state index is 0.199. The van der Waals surface area contributed by atoms with Crippen LogP contribution in [-0.4, -0.2) is 46.4 Å². The van der Waals surface area contributed by atoms with Crippen molar-refractivity contribution in [3.8, 4) is 11.3 Å². The number of nitrogens with zero attached hydrogens (tertiary/aromatic N) is 3. The zero-order valence-corrected chi connectivity index (χ0v) is 20.4. The van der Waals surface area contributed by atoms with Crippen LogP contribution in [0.25, 0.3) is 37.3 Å². The van der Waals surface area contributed by atoms with E-state index in [0.29, 0.717) is 22.4 Å². The monoisotopic (exact) mass is 482 g/mol. The van der Waals surface area contributed by atoms with Gasteiger partial charge in [-0.25, -0.2) is 4.98 Å². The number of carbonyl (C=O) groups is 1. The summed E-state index contributed by atoms with van der Waals surface area (Å²) in [5.41, 5.74) is 4.41. The Morgan fingerprint density at radius 2 is 1.80 bits per heavy atom. The van der Waals surface area contributed by atoms with E-state index in [2.05, 4.69) is 29.3 Å². The first-order valence-corrected chi connectivity index (χ1v) is 12.9. The molecule has 0 aliphatic carbocycles. The number of fused-ring (bicyclic) bond motifs is 5. The maximum atomic E-state index is 13.7. The standard InChI is InChI=1S/C28H26N4O2S/c1-18-8-10-19(11-9-18)21-13-12-20-25(33)24(27(34)29-14-17-31-15-4-5-16-31)28-32(26(20)30-21)22-6-2-3-7-23(22)35-28/h2-3,6-13H,4-5,14-17H2,1H3,(H,29,34). The van der Waals surface area contributed by atoms with Gasteiger partial charge >= 0.3 is 0 Å². The number of likely N-dealkylation sites (tertiary alicyclic amines) is 1. The van der Waals surface area contributed by atoms with Crippen LogP contribution < -0.4 is 10.7 Å². The lowest BCUT2D eigenvalue weighted by atomic mass is 10.1. The highest BCUT2D eigenvalue weighted by atomic mass is 32.1. The highest BCUT2D eigenvalue weighted by molar-refractivity contribution is 7.24. The SMILES string of the molecule is Cc1ccc(-c2ccc3c(=O)c(C(=O)NCCN4CCCC4)c4sc5ccccc5n4c3n2)cc1. The molecule has 1 aliphatic heterocycles. The number of nitrogens with one attached hydrogen (secondary N) is 1. The number of para-hydroxylation sites is 1. The van der Waals surface area contributed by atoms with Crippen LogP contribution in [0.4, 0.5) is 0 Å². The zero-order chi connectivity index (χ0) is 23.9. The minimum atomic E-state index is -0.317. The van der Waals surface area contributed by atoms with Crippen molar-refractivity contribution < 1.29 is 4.79 Å². The summed E-state index contributed by atoms with van der Waals surface area (Å²) in [4.78, 5) is 34.9. The first-order valence-electron chi connectivity index (χ1n) is 12.0. The van der Waals surface area contributed by atoms with Crippen molar-refractivity contribution in [1.29, 1.82) is 0 Å². The molecule has 0 saturated carbocycles. The lowest BCUT2D eigenvalue weighted by Gasteiger charge is -2.15. The topological polar surface area (TPSA) is 66.7 Å². The van der Waals surface area contributed by atoms with Gasteiger partial charge in [-0.2, -0.15) is 0 Å². The molecule has 5 aromatic rings. The summed E-state index contributed by atoms with van der Waals surface area (Å²) in [5, 5.41) is 3.45. The molecule has 6 rings (SSSR count). The van der Waals surface area contributed by atoms with Gasteiger partial charge in [0.25, 0.3) is 5.91 Å². The second-order valence-electron chi connectivity index (χ2n) is 9.15. The lowest BCUT2D eigenvalue weighted by Crippen LogP contribution is -2.35. The van der Waals surface area contributed by atoms with Crippen LogP contribution in [0.5, 0.6) is 0 Å². The molecule has 1 N–H and O–H groups in total. The highest BCUT2D eigenvalue weighted by Gasteiger charge is 2.23. The van der Waals surface area contributed by atoms with Crippen molar-refractivity contribution in [2.75, 3.05) is 26.2 Å². The van der Waals surface area contributed by atoms with Gasteiger partial charge < -0.3 is 10.2 Å². The number of hydrogen-bond donors (Lipinski definition) is 1. The molecule has 0 atom stereocenters. The van der Waals surface area contributed by atoms with E-state index >= 15 is 0 Å². The van der Waals surface area contributed by atoms with Crippen LogP contribution in [-0.2, 0) is 0 Å². The zero-order valence-electron chi connectivity index (χ0n) is 19.6. The number of aromatic nitrogens is 2. The fourth-order valence-corrected chi connectivity index (χ4v) is 6.08. The predicted octanol–water partition coefficient (Wildman–Crippen LogP) is 4.86. The molecule has 1 saturated heterocycles. The van der Waals surface area contributed by atoms with Crippen LogP contribution in [0.2, 0.25) is 0 Å². The normalized spacial score (nSPS) is 14.3. The Labute approximate surface area is 206 Å². The predicted molar refractivity (Wildman–Crippen MR) is 143 cm³/mol. The third-order valence-electron chi connectivity index (χ3n) is 6.78. The van der Waals surface area contributed by atoms with Gasteiger partial charge in [-0.05, 0) is 57.1 Å². The maximum absolute atomic E-state index is 13.7. The van der Waals surface area contributed by atoms with Crippen LogP contribution in [0.1, 0.15) is 28.8 Å². The van der Waals surface area contributed by atoms with Gasteiger partial charge in [-0.15, -0.1) is 11.3 Å². The first-order chi connectivity index (χ1) is 17.1. The Balaban J connectivity index is 1.51. The first kappa shape index (κ1) is 21.9. The Morgan fingerprint density at radius 1 is 1.03 bits per heavy atom. The smallest absolute Gasteiger partial charge is 0.258 e.